The summed E-state index contributed by atoms with van der Waals surface area (Å²) in [6.07, 6.45) is 1.67. The third-order valence-electron chi connectivity index (χ3n) is 3.63. The van der Waals surface area contributed by atoms with E-state index in [2.05, 4.69) is 5.32 Å². The molecule has 0 aliphatic carbocycles. The van der Waals surface area contributed by atoms with Crippen molar-refractivity contribution in [2.45, 2.75) is 6.92 Å². The molecule has 5 nitrogen and oxygen atoms in total. The molecule has 3 rings (SSSR count). The Bertz CT molecular complexity index is 860. The van der Waals surface area contributed by atoms with Crippen molar-refractivity contribution in [1.82, 2.24) is 0 Å². The van der Waals surface area contributed by atoms with Crippen molar-refractivity contribution in [2.75, 3.05) is 18.5 Å². The quantitative estimate of drug-likeness (QED) is 0.868. The molecule has 1 aliphatic rings. The monoisotopic (exact) mass is 341 g/mol. The molecule has 0 saturated heterocycles. The van der Waals surface area contributed by atoms with Gasteiger partial charge in [0, 0.05) is 5.56 Å². The first kappa shape index (κ1) is 16.7. The maximum atomic E-state index is 13.7. The molecule has 2 aromatic rings. The smallest absolute Gasteiger partial charge is 0.338 e. The number of ether oxygens (including phenoxy) is 2. The van der Waals surface area contributed by atoms with Gasteiger partial charge in [0.1, 0.15) is 18.2 Å². The molecule has 0 saturated carbocycles. The van der Waals surface area contributed by atoms with Crippen molar-refractivity contribution in [3.05, 3.63) is 65.0 Å². The number of halogens is 1. The summed E-state index contributed by atoms with van der Waals surface area (Å²) in [5, 5.41) is 2.37. The van der Waals surface area contributed by atoms with Gasteiger partial charge in [-0.05, 0) is 36.8 Å². The van der Waals surface area contributed by atoms with E-state index in [9.17, 15) is 14.0 Å². The number of carbonyl (C=O) groups is 2. The van der Waals surface area contributed by atoms with E-state index in [1.807, 2.05) is 18.2 Å². The van der Waals surface area contributed by atoms with Crippen molar-refractivity contribution in [2.24, 2.45) is 0 Å². The molecule has 0 aromatic heterocycles. The fraction of sp³-hybridized carbons (Fsp3) is 0.158. The Morgan fingerprint density at radius 1 is 1.24 bits per heavy atom. The SMILES string of the molecule is Cc1ccc(NC(=O)COC(=O)C2=Cc3ccccc3OC2)c(F)c1. The number of rotatable bonds is 4. The zero-order valence-corrected chi connectivity index (χ0v) is 13.5. The minimum atomic E-state index is -0.644. The molecule has 1 aliphatic heterocycles. The summed E-state index contributed by atoms with van der Waals surface area (Å²) in [4.78, 5) is 23.9. The summed E-state index contributed by atoms with van der Waals surface area (Å²) in [5.41, 5.74) is 1.87. The van der Waals surface area contributed by atoms with E-state index in [1.54, 1.807) is 25.1 Å². The standard InChI is InChI=1S/C19H16FNO4/c1-12-6-7-16(15(20)8-12)21-18(22)11-25-19(23)14-9-13-4-2-3-5-17(13)24-10-14/h2-9H,10-11H2,1H3,(H,21,22). The van der Waals surface area contributed by atoms with Gasteiger partial charge in [0.25, 0.3) is 5.91 Å². The number of nitrogens with one attached hydrogen (secondary N) is 1. The molecule has 1 amide bonds. The van der Waals surface area contributed by atoms with Gasteiger partial charge in [0.2, 0.25) is 0 Å². The third kappa shape index (κ3) is 4.03. The maximum absolute atomic E-state index is 13.7. The first-order valence-corrected chi connectivity index (χ1v) is 7.68. The molecule has 0 bridgehead atoms. The molecule has 0 atom stereocenters. The molecule has 25 heavy (non-hydrogen) atoms. The molecule has 128 valence electrons. The second-order valence-corrected chi connectivity index (χ2v) is 5.60. The Morgan fingerprint density at radius 2 is 2.04 bits per heavy atom. The van der Waals surface area contributed by atoms with Gasteiger partial charge in [0.05, 0.1) is 11.3 Å². The average molecular weight is 341 g/mol. The lowest BCUT2D eigenvalue weighted by Crippen LogP contribution is -2.24. The van der Waals surface area contributed by atoms with Crippen molar-refractivity contribution >= 4 is 23.6 Å². The molecule has 2 aromatic carbocycles. The van der Waals surface area contributed by atoms with Gasteiger partial charge in [-0.15, -0.1) is 0 Å². The summed E-state index contributed by atoms with van der Waals surface area (Å²) >= 11 is 0. The molecule has 6 heteroatoms. The number of para-hydroxylation sites is 1. The van der Waals surface area contributed by atoms with E-state index in [4.69, 9.17) is 9.47 Å². The van der Waals surface area contributed by atoms with Crippen LogP contribution < -0.4 is 10.1 Å². The van der Waals surface area contributed by atoms with Crippen LogP contribution in [0.15, 0.2) is 48.0 Å². The lowest BCUT2D eigenvalue weighted by Gasteiger charge is -2.16. The number of anilines is 1. The van der Waals surface area contributed by atoms with E-state index in [0.29, 0.717) is 11.3 Å². The summed E-state index contributed by atoms with van der Waals surface area (Å²) in [7, 11) is 0. The van der Waals surface area contributed by atoms with Crippen molar-refractivity contribution in [3.8, 4) is 5.75 Å². The zero-order valence-electron chi connectivity index (χ0n) is 13.5. The Balaban J connectivity index is 1.57. The van der Waals surface area contributed by atoms with Crippen LogP contribution in [0.5, 0.6) is 5.75 Å². The van der Waals surface area contributed by atoms with E-state index in [-0.39, 0.29) is 12.3 Å². The van der Waals surface area contributed by atoms with Crippen LogP contribution in [-0.4, -0.2) is 25.1 Å². The molecule has 1 heterocycles. The minimum absolute atomic E-state index is 0.0424. The van der Waals surface area contributed by atoms with Crippen LogP contribution in [0, 0.1) is 12.7 Å². The number of amides is 1. The lowest BCUT2D eigenvalue weighted by atomic mass is 10.1. The van der Waals surface area contributed by atoms with E-state index < -0.39 is 24.3 Å². The number of carbonyl (C=O) groups excluding carboxylic acids is 2. The van der Waals surface area contributed by atoms with Gasteiger partial charge >= 0.3 is 5.97 Å². The van der Waals surface area contributed by atoms with Crippen LogP contribution in [0.25, 0.3) is 6.08 Å². The van der Waals surface area contributed by atoms with Gasteiger partial charge in [-0.25, -0.2) is 9.18 Å². The fourth-order valence-corrected chi connectivity index (χ4v) is 2.37. The van der Waals surface area contributed by atoms with E-state index in [0.717, 1.165) is 11.1 Å². The number of hydrogen-bond acceptors (Lipinski definition) is 4. The highest BCUT2D eigenvalue weighted by atomic mass is 19.1. The zero-order chi connectivity index (χ0) is 17.8. The van der Waals surface area contributed by atoms with Crippen LogP contribution >= 0.6 is 0 Å². The third-order valence-corrected chi connectivity index (χ3v) is 3.63. The van der Waals surface area contributed by atoms with Crippen molar-refractivity contribution < 1.29 is 23.5 Å². The Hall–Kier alpha value is -3.15. The number of benzene rings is 2. The van der Waals surface area contributed by atoms with Gasteiger partial charge < -0.3 is 14.8 Å². The number of fused-ring (bicyclic) bond motifs is 1. The molecular weight excluding hydrogens is 325 g/mol. The van der Waals surface area contributed by atoms with E-state index in [1.165, 1.54) is 12.1 Å². The molecule has 0 fully saturated rings. The Kier molecular flexibility index (Phi) is 4.79. The summed E-state index contributed by atoms with van der Waals surface area (Å²) in [5.74, 6) is -1.12. The highest BCUT2D eigenvalue weighted by molar-refractivity contribution is 5.98. The summed E-state index contributed by atoms with van der Waals surface area (Å²) in [6, 6.07) is 11.7. The van der Waals surface area contributed by atoms with Gasteiger partial charge in [-0.2, -0.15) is 0 Å². The minimum Gasteiger partial charge on any atom is -0.488 e. The molecule has 1 N–H and O–H groups in total. The largest absolute Gasteiger partial charge is 0.488 e. The van der Waals surface area contributed by atoms with Crippen LogP contribution in [0.2, 0.25) is 0 Å². The molecule has 0 unspecified atom stereocenters. The summed E-state index contributed by atoms with van der Waals surface area (Å²) < 4.78 is 24.1. The number of esters is 1. The molecule has 0 radical (unpaired) electrons. The first-order valence-electron chi connectivity index (χ1n) is 7.68. The van der Waals surface area contributed by atoms with Gasteiger partial charge in [-0.1, -0.05) is 24.3 Å². The molecule has 0 spiro atoms. The van der Waals surface area contributed by atoms with Gasteiger partial charge in [-0.3, -0.25) is 4.79 Å². The second kappa shape index (κ2) is 7.17. The highest BCUT2D eigenvalue weighted by Crippen LogP contribution is 2.26. The molecular formula is C19H16FNO4. The van der Waals surface area contributed by atoms with Crippen LogP contribution in [0.3, 0.4) is 0 Å². The van der Waals surface area contributed by atoms with Gasteiger partial charge in [0.15, 0.2) is 6.61 Å². The van der Waals surface area contributed by atoms with E-state index >= 15 is 0 Å². The Morgan fingerprint density at radius 3 is 2.84 bits per heavy atom. The summed E-state index contributed by atoms with van der Waals surface area (Å²) in [6.45, 7) is 1.31. The fourth-order valence-electron chi connectivity index (χ4n) is 2.37. The Labute approximate surface area is 144 Å². The topological polar surface area (TPSA) is 64.6 Å². The van der Waals surface area contributed by atoms with Crippen molar-refractivity contribution in [1.29, 1.82) is 0 Å². The van der Waals surface area contributed by atoms with Crippen LogP contribution in [0.1, 0.15) is 11.1 Å². The predicted octanol–water partition coefficient (Wildman–Crippen LogP) is 3.09. The number of hydrogen-bond donors (Lipinski definition) is 1. The van der Waals surface area contributed by atoms with Crippen LogP contribution in [0.4, 0.5) is 10.1 Å². The van der Waals surface area contributed by atoms with Crippen LogP contribution in [-0.2, 0) is 14.3 Å². The second-order valence-electron chi connectivity index (χ2n) is 5.60. The average Bonchev–Trinajstić information content (AvgIpc) is 2.61. The maximum Gasteiger partial charge on any atom is 0.338 e. The number of aryl methyl sites for hydroxylation is 1. The highest BCUT2D eigenvalue weighted by Gasteiger charge is 2.19. The predicted molar refractivity (Wildman–Crippen MR) is 90.6 cm³/mol. The first-order chi connectivity index (χ1) is 12.0. The normalized spacial score (nSPS) is 12.5. The lowest BCUT2D eigenvalue weighted by molar-refractivity contribution is -0.143. The van der Waals surface area contributed by atoms with Crippen molar-refractivity contribution in [3.63, 3.8) is 0 Å².